The molecule has 184 valence electrons. The molecule has 0 bridgehead atoms. The zero-order valence-corrected chi connectivity index (χ0v) is 20.3. The van der Waals surface area contributed by atoms with Gasteiger partial charge in [0, 0.05) is 50.6 Å². The number of nitrogens with zero attached hydrogens (tertiary/aromatic N) is 7. The number of fused-ring (bicyclic) bond motifs is 1. The third kappa shape index (κ3) is 5.20. The molecule has 0 spiro atoms. The lowest BCUT2D eigenvalue weighted by Gasteiger charge is -2.28. The Morgan fingerprint density at radius 1 is 1.11 bits per heavy atom. The topological polar surface area (TPSA) is 123 Å². The summed E-state index contributed by atoms with van der Waals surface area (Å²) in [6, 6.07) is 7.23. The van der Waals surface area contributed by atoms with Crippen molar-refractivity contribution in [1.29, 1.82) is 0 Å². The molecule has 1 aromatic carbocycles. The maximum Gasteiger partial charge on any atom is 0.256 e. The molecule has 36 heavy (non-hydrogen) atoms. The predicted octanol–water partition coefficient (Wildman–Crippen LogP) is 2.69. The maximum atomic E-state index is 13.1. The van der Waals surface area contributed by atoms with E-state index < -0.39 is 0 Å². The largest absolute Gasteiger partial charge is 0.495 e. The summed E-state index contributed by atoms with van der Waals surface area (Å²) in [4.78, 5) is 37.0. The van der Waals surface area contributed by atoms with Crippen LogP contribution in [0.2, 0.25) is 5.02 Å². The number of carbonyl (C=O) groups excluding carboxylic acids is 1. The smallest absolute Gasteiger partial charge is 0.256 e. The van der Waals surface area contributed by atoms with Crippen LogP contribution in [-0.4, -0.2) is 49.0 Å². The highest BCUT2D eigenvalue weighted by molar-refractivity contribution is 6.32. The van der Waals surface area contributed by atoms with Gasteiger partial charge in [-0.1, -0.05) is 17.7 Å². The van der Waals surface area contributed by atoms with Crippen molar-refractivity contribution in [3.63, 3.8) is 0 Å². The van der Waals surface area contributed by atoms with Gasteiger partial charge in [0.25, 0.3) is 5.91 Å². The summed E-state index contributed by atoms with van der Waals surface area (Å²) in [6.45, 7) is 2.67. The number of hydrogen-bond donors (Lipinski definition) is 2. The number of rotatable bonds is 8. The normalized spacial score (nSPS) is 12.7. The quantitative estimate of drug-likeness (QED) is 0.372. The average Bonchev–Trinajstić information content (AvgIpc) is 3.39. The molecule has 0 aliphatic carbocycles. The number of imidazole rings is 1. The number of methoxy groups -OCH3 is 1. The van der Waals surface area contributed by atoms with Crippen molar-refractivity contribution in [2.24, 2.45) is 0 Å². The van der Waals surface area contributed by atoms with Crippen LogP contribution in [0.15, 0.2) is 55.2 Å². The van der Waals surface area contributed by atoms with Gasteiger partial charge in [-0.25, -0.2) is 19.9 Å². The lowest BCUT2D eigenvalue weighted by atomic mass is 10.2. The standard InChI is InChI=1S/C24H24ClN9O2/c1-36-19-4-3-16(11-18(19)25)12-29-22-17(23(35)30-14-20-26-5-2-6-27-20)13-31-24(32-22)34-10-9-33-8-7-28-21(33)15-34/h2-8,11,13H,9-10,12,14-15H2,1H3,(H,30,35)(H,29,31,32). The molecule has 0 saturated carbocycles. The second kappa shape index (κ2) is 10.6. The van der Waals surface area contributed by atoms with Crippen LogP contribution in [0.25, 0.3) is 0 Å². The van der Waals surface area contributed by atoms with Gasteiger partial charge in [-0.2, -0.15) is 4.98 Å². The third-order valence-electron chi connectivity index (χ3n) is 5.75. The van der Waals surface area contributed by atoms with Crippen LogP contribution in [0, 0.1) is 0 Å². The summed E-state index contributed by atoms with van der Waals surface area (Å²) in [6.07, 6.45) is 8.54. The van der Waals surface area contributed by atoms with E-state index in [1.807, 2.05) is 23.2 Å². The van der Waals surface area contributed by atoms with Crippen LogP contribution in [-0.2, 0) is 26.2 Å². The minimum Gasteiger partial charge on any atom is -0.495 e. The number of benzene rings is 1. The van der Waals surface area contributed by atoms with E-state index in [0.717, 1.165) is 24.5 Å². The molecule has 11 nitrogen and oxygen atoms in total. The molecule has 5 rings (SSSR count). The van der Waals surface area contributed by atoms with Gasteiger partial charge in [0.05, 0.1) is 25.2 Å². The molecule has 0 unspecified atom stereocenters. The number of anilines is 2. The number of aromatic nitrogens is 6. The Kier molecular flexibility index (Phi) is 6.89. The number of ether oxygens (including phenoxy) is 1. The Morgan fingerprint density at radius 3 is 2.78 bits per heavy atom. The van der Waals surface area contributed by atoms with Crippen molar-refractivity contribution in [3.05, 3.63) is 83.0 Å². The minimum absolute atomic E-state index is 0.184. The monoisotopic (exact) mass is 505 g/mol. The maximum absolute atomic E-state index is 13.1. The molecule has 0 atom stereocenters. The first-order chi connectivity index (χ1) is 17.6. The molecule has 0 saturated heterocycles. The Hall–Kier alpha value is -4.25. The van der Waals surface area contributed by atoms with Gasteiger partial charge < -0.3 is 24.8 Å². The molecule has 1 aliphatic heterocycles. The zero-order chi connectivity index (χ0) is 24.9. The van der Waals surface area contributed by atoms with Crippen LogP contribution < -0.4 is 20.3 Å². The van der Waals surface area contributed by atoms with E-state index in [2.05, 4.69) is 35.1 Å². The van der Waals surface area contributed by atoms with E-state index in [9.17, 15) is 4.79 Å². The van der Waals surface area contributed by atoms with Crippen LogP contribution in [0.5, 0.6) is 5.75 Å². The Labute approximate surface area is 212 Å². The van der Waals surface area contributed by atoms with Crippen molar-refractivity contribution in [1.82, 2.24) is 34.8 Å². The third-order valence-corrected chi connectivity index (χ3v) is 6.05. The molecule has 4 aromatic rings. The number of carbonyl (C=O) groups is 1. The summed E-state index contributed by atoms with van der Waals surface area (Å²) in [5.74, 6) is 2.64. The molecule has 2 N–H and O–H groups in total. The number of nitrogens with one attached hydrogen (secondary N) is 2. The van der Waals surface area contributed by atoms with Crippen molar-refractivity contribution in [3.8, 4) is 5.75 Å². The fourth-order valence-corrected chi connectivity index (χ4v) is 4.13. The summed E-state index contributed by atoms with van der Waals surface area (Å²) in [7, 11) is 1.57. The van der Waals surface area contributed by atoms with Gasteiger partial charge in [0.1, 0.15) is 28.8 Å². The average molecular weight is 506 g/mol. The van der Waals surface area contributed by atoms with Crippen LogP contribution >= 0.6 is 11.6 Å². The lowest BCUT2D eigenvalue weighted by molar-refractivity contribution is 0.0950. The number of halogens is 1. The highest BCUT2D eigenvalue weighted by Crippen LogP contribution is 2.26. The van der Waals surface area contributed by atoms with Crippen LogP contribution in [0.4, 0.5) is 11.8 Å². The van der Waals surface area contributed by atoms with Crippen LogP contribution in [0.3, 0.4) is 0 Å². The van der Waals surface area contributed by atoms with Gasteiger partial charge in [0.15, 0.2) is 0 Å². The van der Waals surface area contributed by atoms with E-state index in [-0.39, 0.29) is 12.5 Å². The second-order valence-electron chi connectivity index (χ2n) is 8.06. The van der Waals surface area contributed by atoms with Gasteiger partial charge >= 0.3 is 0 Å². The fourth-order valence-electron chi connectivity index (χ4n) is 3.85. The molecular formula is C24H24ClN9O2. The molecule has 3 aromatic heterocycles. The highest BCUT2D eigenvalue weighted by atomic mass is 35.5. The summed E-state index contributed by atoms with van der Waals surface area (Å²) in [5.41, 5.74) is 1.22. The molecule has 0 radical (unpaired) electrons. The molecule has 4 heterocycles. The summed E-state index contributed by atoms with van der Waals surface area (Å²) >= 11 is 6.28. The van der Waals surface area contributed by atoms with E-state index >= 15 is 0 Å². The number of amides is 1. The molecule has 1 aliphatic rings. The highest BCUT2D eigenvalue weighted by Gasteiger charge is 2.22. The summed E-state index contributed by atoms with van der Waals surface area (Å²) in [5, 5.41) is 6.62. The summed E-state index contributed by atoms with van der Waals surface area (Å²) < 4.78 is 7.34. The minimum atomic E-state index is -0.335. The van der Waals surface area contributed by atoms with E-state index in [0.29, 0.717) is 47.0 Å². The van der Waals surface area contributed by atoms with Crippen molar-refractivity contribution < 1.29 is 9.53 Å². The lowest BCUT2D eigenvalue weighted by Crippen LogP contribution is -2.35. The van der Waals surface area contributed by atoms with Crippen molar-refractivity contribution in [2.75, 3.05) is 23.9 Å². The molecule has 1 amide bonds. The molecule has 0 fully saturated rings. The number of hydrogen-bond acceptors (Lipinski definition) is 9. The van der Waals surface area contributed by atoms with E-state index in [4.69, 9.17) is 21.3 Å². The Morgan fingerprint density at radius 2 is 1.97 bits per heavy atom. The molecular weight excluding hydrogens is 482 g/mol. The first-order valence-electron chi connectivity index (χ1n) is 11.3. The van der Waals surface area contributed by atoms with Gasteiger partial charge in [0.2, 0.25) is 5.95 Å². The Balaban J connectivity index is 1.38. The van der Waals surface area contributed by atoms with Crippen molar-refractivity contribution in [2.45, 2.75) is 26.2 Å². The van der Waals surface area contributed by atoms with Gasteiger partial charge in [-0.3, -0.25) is 4.79 Å². The SMILES string of the molecule is COc1ccc(CNc2nc(N3CCn4ccnc4C3)ncc2C(=O)NCc2ncccn2)cc1Cl. The van der Waals surface area contributed by atoms with E-state index in [1.54, 1.807) is 37.8 Å². The fraction of sp³-hybridized carbons (Fsp3) is 0.250. The van der Waals surface area contributed by atoms with Gasteiger partial charge in [-0.05, 0) is 23.8 Å². The van der Waals surface area contributed by atoms with Crippen molar-refractivity contribution >= 4 is 29.3 Å². The zero-order valence-electron chi connectivity index (χ0n) is 19.6. The van der Waals surface area contributed by atoms with Crippen LogP contribution in [0.1, 0.15) is 27.6 Å². The van der Waals surface area contributed by atoms with E-state index in [1.165, 1.54) is 6.20 Å². The predicted molar refractivity (Wildman–Crippen MR) is 134 cm³/mol. The molecule has 12 heteroatoms. The first-order valence-corrected chi connectivity index (χ1v) is 11.7. The Bertz CT molecular complexity index is 1360. The van der Waals surface area contributed by atoms with Gasteiger partial charge in [-0.15, -0.1) is 0 Å². The first kappa shape index (κ1) is 23.5. The second-order valence-corrected chi connectivity index (χ2v) is 8.47.